The number of aromatic carboxylic acids is 1. The van der Waals surface area contributed by atoms with E-state index in [0.717, 1.165) is 22.0 Å². The van der Waals surface area contributed by atoms with Crippen LogP contribution in [0.2, 0.25) is 0 Å². The lowest BCUT2D eigenvalue weighted by Crippen LogP contribution is -1.97. The first-order chi connectivity index (χ1) is 10.6. The zero-order valence-corrected chi connectivity index (χ0v) is 11.3. The summed E-state index contributed by atoms with van der Waals surface area (Å²) in [5.41, 5.74) is 8.88. The van der Waals surface area contributed by atoms with E-state index in [1.165, 1.54) is 0 Å². The number of hydrogen-bond donors (Lipinski definition) is 3. The molecule has 3 heterocycles. The van der Waals surface area contributed by atoms with Crippen LogP contribution in [0.1, 0.15) is 10.4 Å². The van der Waals surface area contributed by atoms with Gasteiger partial charge in [-0.05, 0) is 41.5 Å². The third-order valence-corrected chi connectivity index (χ3v) is 3.58. The maximum atomic E-state index is 11.3. The van der Waals surface area contributed by atoms with E-state index >= 15 is 0 Å². The number of fused-ring (bicyclic) bond motifs is 2. The molecule has 3 aromatic heterocycles. The average Bonchev–Trinajstić information content (AvgIpc) is 3.09. The Balaban J connectivity index is 2.01. The molecule has 22 heavy (non-hydrogen) atoms. The van der Waals surface area contributed by atoms with Gasteiger partial charge in [-0.1, -0.05) is 0 Å². The first-order valence-corrected chi connectivity index (χ1v) is 6.58. The van der Waals surface area contributed by atoms with Crippen LogP contribution < -0.4 is 5.73 Å². The summed E-state index contributed by atoms with van der Waals surface area (Å²) in [6.45, 7) is 0. The predicted octanol–water partition coefficient (Wildman–Crippen LogP) is 2.16. The van der Waals surface area contributed by atoms with Crippen LogP contribution in [-0.2, 0) is 0 Å². The molecule has 0 unspecified atom stereocenters. The van der Waals surface area contributed by atoms with Crippen molar-refractivity contribution in [3.05, 3.63) is 48.3 Å². The highest BCUT2D eigenvalue weighted by atomic mass is 16.4. The van der Waals surface area contributed by atoms with Crippen LogP contribution in [0.4, 0.5) is 5.95 Å². The van der Waals surface area contributed by atoms with Gasteiger partial charge in [-0.25, -0.2) is 9.31 Å². The lowest BCUT2D eigenvalue weighted by Gasteiger charge is -2.06. The Morgan fingerprint density at radius 1 is 1.27 bits per heavy atom. The highest BCUT2D eigenvalue weighted by Crippen LogP contribution is 2.30. The van der Waals surface area contributed by atoms with Gasteiger partial charge in [-0.2, -0.15) is 4.98 Å². The van der Waals surface area contributed by atoms with Gasteiger partial charge in [0.05, 0.1) is 5.56 Å². The maximum absolute atomic E-state index is 11.3. The van der Waals surface area contributed by atoms with Gasteiger partial charge in [0, 0.05) is 23.3 Å². The summed E-state index contributed by atoms with van der Waals surface area (Å²) in [5, 5.41) is 14.2. The molecule has 0 atom stereocenters. The zero-order chi connectivity index (χ0) is 15.3. The van der Waals surface area contributed by atoms with E-state index < -0.39 is 5.97 Å². The standard InChI is InChI=1S/C15H11N5O2/c16-15-18-13-7-8(2-4-20(13)19-15)11-5-9(14(21)22)6-12-10(11)1-3-17-12/h1-7,17H,(H2,16,19)(H,21,22). The number of nitrogen functional groups attached to an aromatic ring is 1. The lowest BCUT2D eigenvalue weighted by molar-refractivity contribution is 0.0697. The summed E-state index contributed by atoms with van der Waals surface area (Å²) in [6.07, 6.45) is 3.54. The van der Waals surface area contributed by atoms with E-state index in [9.17, 15) is 9.90 Å². The van der Waals surface area contributed by atoms with Gasteiger partial charge in [-0.15, -0.1) is 5.10 Å². The molecular formula is C15H11N5O2. The van der Waals surface area contributed by atoms with Gasteiger partial charge in [0.2, 0.25) is 5.95 Å². The van der Waals surface area contributed by atoms with E-state index in [1.807, 2.05) is 18.2 Å². The Morgan fingerprint density at radius 2 is 2.14 bits per heavy atom. The van der Waals surface area contributed by atoms with Crippen LogP contribution in [0.5, 0.6) is 0 Å². The van der Waals surface area contributed by atoms with Crippen molar-refractivity contribution < 1.29 is 9.90 Å². The number of pyridine rings is 1. The number of carboxylic acids is 1. The van der Waals surface area contributed by atoms with Crippen LogP contribution >= 0.6 is 0 Å². The molecular weight excluding hydrogens is 282 g/mol. The molecule has 108 valence electrons. The molecule has 4 N–H and O–H groups in total. The number of nitrogens with zero attached hydrogens (tertiary/aromatic N) is 3. The molecule has 0 saturated carbocycles. The highest BCUT2D eigenvalue weighted by molar-refractivity contribution is 6.01. The largest absolute Gasteiger partial charge is 0.478 e. The minimum atomic E-state index is -0.967. The SMILES string of the molecule is Nc1nc2cc(-c3cc(C(=O)O)cc4[nH]ccc34)ccn2n1. The molecule has 0 aliphatic rings. The number of nitrogens with one attached hydrogen (secondary N) is 1. The Bertz CT molecular complexity index is 1030. The molecule has 0 spiro atoms. The molecule has 0 aliphatic carbocycles. The number of nitrogens with two attached hydrogens (primary N) is 1. The van der Waals surface area contributed by atoms with Crippen LogP contribution in [0.15, 0.2) is 42.7 Å². The van der Waals surface area contributed by atoms with Gasteiger partial charge < -0.3 is 15.8 Å². The third-order valence-electron chi connectivity index (χ3n) is 3.58. The number of rotatable bonds is 2. The fourth-order valence-electron chi connectivity index (χ4n) is 2.60. The maximum Gasteiger partial charge on any atom is 0.335 e. The summed E-state index contributed by atoms with van der Waals surface area (Å²) < 4.78 is 1.58. The van der Waals surface area contributed by atoms with Crippen LogP contribution in [-0.4, -0.2) is 30.7 Å². The van der Waals surface area contributed by atoms with Crippen LogP contribution in [0.3, 0.4) is 0 Å². The van der Waals surface area contributed by atoms with E-state index in [-0.39, 0.29) is 11.5 Å². The molecule has 0 bridgehead atoms. The number of aromatic nitrogens is 4. The van der Waals surface area contributed by atoms with E-state index in [2.05, 4.69) is 15.1 Å². The van der Waals surface area contributed by atoms with Gasteiger partial charge in [0.1, 0.15) is 0 Å². The molecule has 0 aliphatic heterocycles. The highest BCUT2D eigenvalue weighted by Gasteiger charge is 2.12. The number of carboxylic acid groups (broad SMARTS) is 1. The average molecular weight is 293 g/mol. The number of carbonyl (C=O) groups is 1. The predicted molar refractivity (Wildman–Crippen MR) is 81.7 cm³/mol. The van der Waals surface area contributed by atoms with Crippen molar-refractivity contribution in [1.82, 2.24) is 19.6 Å². The quantitative estimate of drug-likeness (QED) is 0.524. The summed E-state index contributed by atoms with van der Waals surface area (Å²) in [7, 11) is 0. The van der Waals surface area contributed by atoms with Crippen molar-refractivity contribution in [3.63, 3.8) is 0 Å². The van der Waals surface area contributed by atoms with E-state index in [1.54, 1.807) is 29.0 Å². The number of anilines is 1. The molecule has 1 aromatic carbocycles. The second kappa shape index (κ2) is 4.32. The number of aromatic amines is 1. The van der Waals surface area contributed by atoms with Crippen molar-refractivity contribution in [1.29, 1.82) is 0 Å². The smallest absolute Gasteiger partial charge is 0.335 e. The Labute approximate surface area is 124 Å². The summed E-state index contributed by atoms with van der Waals surface area (Å²) in [5.74, 6) is -0.770. The zero-order valence-electron chi connectivity index (χ0n) is 11.3. The molecule has 7 nitrogen and oxygen atoms in total. The monoisotopic (exact) mass is 293 g/mol. The molecule has 4 aromatic rings. The Hall–Kier alpha value is -3.35. The topological polar surface area (TPSA) is 109 Å². The number of hydrogen-bond acceptors (Lipinski definition) is 4. The molecule has 0 radical (unpaired) electrons. The Morgan fingerprint density at radius 3 is 2.95 bits per heavy atom. The number of benzene rings is 1. The summed E-state index contributed by atoms with van der Waals surface area (Å²) in [6, 6.07) is 8.88. The normalized spacial score (nSPS) is 11.3. The van der Waals surface area contributed by atoms with Crippen molar-refractivity contribution in [2.24, 2.45) is 0 Å². The second-order valence-corrected chi connectivity index (χ2v) is 4.96. The molecule has 0 amide bonds. The first-order valence-electron chi connectivity index (χ1n) is 6.58. The molecule has 4 rings (SSSR count). The third kappa shape index (κ3) is 1.80. The van der Waals surface area contributed by atoms with Crippen molar-refractivity contribution in [2.75, 3.05) is 5.73 Å². The number of H-pyrrole nitrogens is 1. The summed E-state index contributed by atoms with van der Waals surface area (Å²) >= 11 is 0. The van der Waals surface area contributed by atoms with Crippen molar-refractivity contribution >= 4 is 28.5 Å². The Kier molecular flexibility index (Phi) is 2.43. The van der Waals surface area contributed by atoms with E-state index in [0.29, 0.717) is 5.65 Å². The van der Waals surface area contributed by atoms with Crippen LogP contribution in [0.25, 0.3) is 27.7 Å². The van der Waals surface area contributed by atoms with E-state index in [4.69, 9.17) is 5.73 Å². The van der Waals surface area contributed by atoms with Gasteiger partial charge in [-0.3, -0.25) is 0 Å². The van der Waals surface area contributed by atoms with Crippen LogP contribution in [0, 0.1) is 0 Å². The fraction of sp³-hybridized carbons (Fsp3) is 0. The van der Waals surface area contributed by atoms with Gasteiger partial charge in [0.25, 0.3) is 0 Å². The minimum absolute atomic E-state index is 0.197. The molecule has 7 heteroatoms. The van der Waals surface area contributed by atoms with Crippen molar-refractivity contribution in [2.45, 2.75) is 0 Å². The van der Waals surface area contributed by atoms with Crippen molar-refractivity contribution in [3.8, 4) is 11.1 Å². The first kappa shape index (κ1) is 12.4. The van der Waals surface area contributed by atoms with Gasteiger partial charge >= 0.3 is 5.97 Å². The molecule has 0 saturated heterocycles. The lowest BCUT2D eigenvalue weighted by atomic mass is 10.00. The molecule has 0 fully saturated rings. The second-order valence-electron chi connectivity index (χ2n) is 4.96. The minimum Gasteiger partial charge on any atom is -0.478 e. The summed E-state index contributed by atoms with van der Waals surface area (Å²) in [4.78, 5) is 18.5. The van der Waals surface area contributed by atoms with Gasteiger partial charge in [0.15, 0.2) is 5.65 Å². The fourth-order valence-corrected chi connectivity index (χ4v) is 2.60.